The molecular weight excluding hydrogens is 266 g/mol. The minimum absolute atomic E-state index is 0.00337. The first-order valence-electron chi connectivity index (χ1n) is 6.45. The van der Waals surface area contributed by atoms with E-state index in [4.69, 9.17) is 0 Å². The fourth-order valence-corrected chi connectivity index (χ4v) is 1.77. The average molecular weight is 284 g/mol. The molecule has 6 heteroatoms. The third kappa shape index (κ3) is 4.60. The third-order valence-corrected chi connectivity index (χ3v) is 2.72. The van der Waals surface area contributed by atoms with Gasteiger partial charge >= 0.3 is 0 Å². The highest BCUT2D eigenvalue weighted by atomic mass is 19.1. The van der Waals surface area contributed by atoms with Crippen LogP contribution in [-0.2, 0) is 9.59 Å². The Morgan fingerprint density at radius 3 is 2.55 bits per heavy atom. The van der Waals surface area contributed by atoms with Crippen LogP contribution < -0.4 is 10.2 Å². The summed E-state index contributed by atoms with van der Waals surface area (Å²) in [5, 5.41) is 2.64. The predicted molar refractivity (Wildman–Crippen MR) is 72.3 cm³/mol. The molecule has 0 aliphatic heterocycles. The number of hydrogen-bond acceptors (Lipinski definition) is 2. The Bertz CT molecular complexity index is 492. The first kappa shape index (κ1) is 16.1. The lowest BCUT2D eigenvalue weighted by molar-refractivity contribution is -0.121. The molecule has 0 aromatic heterocycles. The Balaban J connectivity index is 2.70. The third-order valence-electron chi connectivity index (χ3n) is 2.72. The Kier molecular flexibility index (Phi) is 6.09. The zero-order valence-corrected chi connectivity index (χ0v) is 11.6. The fourth-order valence-electron chi connectivity index (χ4n) is 1.77. The SMILES string of the molecule is CCCC(=O)NCCN(C(C)=O)c1ccc(F)cc1F. The zero-order valence-electron chi connectivity index (χ0n) is 11.6. The minimum Gasteiger partial charge on any atom is -0.354 e. The van der Waals surface area contributed by atoms with Crippen LogP contribution in [0.4, 0.5) is 14.5 Å². The summed E-state index contributed by atoms with van der Waals surface area (Å²) in [7, 11) is 0. The van der Waals surface area contributed by atoms with Gasteiger partial charge in [-0.05, 0) is 18.6 Å². The average Bonchev–Trinajstić information content (AvgIpc) is 2.36. The second-order valence-corrected chi connectivity index (χ2v) is 4.37. The summed E-state index contributed by atoms with van der Waals surface area (Å²) in [6, 6.07) is 3.02. The number of rotatable bonds is 6. The molecule has 0 bridgehead atoms. The maximum Gasteiger partial charge on any atom is 0.224 e. The van der Waals surface area contributed by atoms with E-state index in [1.54, 1.807) is 0 Å². The van der Waals surface area contributed by atoms with Crippen LogP contribution in [-0.4, -0.2) is 24.9 Å². The van der Waals surface area contributed by atoms with Crippen LogP contribution in [0.2, 0.25) is 0 Å². The van der Waals surface area contributed by atoms with E-state index in [0.717, 1.165) is 18.6 Å². The van der Waals surface area contributed by atoms with Crippen molar-refractivity contribution in [3.8, 4) is 0 Å². The lowest BCUT2D eigenvalue weighted by Crippen LogP contribution is -2.38. The maximum atomic E-state index is 13.6. The largest absolute Gasteiger partial charge is 0.354 e. The van der Waals surface area contributed by atoms with Crippen molar-refractivity contribution in [1.82, 2.24) is 5.32 Å². The van der Waals surface area contributed by atoms with Crippen molar-refractivity contribution < 1.29 is 18.4 Å². The van der Waals surface area contributed by atoms with Gasteiger partial charge in [0.15, 0.2) is 0 Å². The van der Waals surface area contributed by atoms with Crippen molar-refractivity contribution in [3.05, 3.63) is 29.8 Å². The zero-order chi connectivity index (χ0) is 15.1. The number of anilines is 1. The molecule has 1 aromatic rings. The highest BCUT2D eigenvalue weighted by Crippen LogP contribution is 2.20. The number of carbonyl (C=O) groups is 2. The lowest BCUT2D eigenvalue weighted by Gasteiger charge is -2.22. The molecule has 2 amide bonds. The molecule has 0 aliphatic rings. The van der Waals surface area contributed by atoms with Gasteiger partial charge in [-0.15, -0.1) is 0 Å². The normalized spacial score (nSPS) is 10.2. The molecule has 110 valence electrons. The van der Waals surface area contributed by atoms with Gasteiger partial charge in [-0.3, -0.25) is 9.59 Å². The van der Waals surface area contributed by atoms with Crippen LogP contribution in [0, 0.1) is 11.6 Å². The molecule has 4 nitrogen and oxygen atoms in total. The van der Waals surface area contributed by atoms with E-state index >= 15 is 0 Å². The molecule has 0 spiro atoms. The number of halogens is 2. The quantitative estimate of drug-likeness (QED) is 0.871. The minimum atomic E-state index is -0.805. The standard InChI is InChI=1S/C14H18F2N2O2/c1-3-4-14(20)17-7-8-18(10(2)19)13-6-5-11(15)9-12(13)16/h5-6,9H,3-4,7-8H2,1-2H3,(H,17,20). The van der Waals surface area contributed by atoms with Crippen molar-refractivity contribution in [1.29, 1.82) is 0 Å². The van der Waals surface area contributed by atoms with Gasteiger partial charge in [-0.2, -0.15) is 0 Å². The molecule has 1 rings (SSSR count). The van der Waals surface area contributed by atoms with Crippen LogP contribution in [0.25, 0.3) is 0 Å². The van der Waals surface area contributed by atoms with Gasteiger partial charge in [0.05, 0.1) is 5.69 Å². The number of hydrogen-bond donors (Lipinski definition) is 1. The first-order valence-corrected chi connectivity index (χ1v) is 6.45. The predicted octanol–water partition coefficient (Wildman–Crippen LogP) is 2.23. The lowest BCUT2D eigenvalue weighted by atomic mass is 10.2. The van der Waals surface area contributed by atoms with Crippen LogP contribution >= 0.6 is 0 Å². The van der Waals surface area contributed by atoms with Gasteiger partial charge < -0.3 is 10.2 Å². The summed E-state index contributed by atoms with van der Waals surface area (Å²) < 4.78 is 26.5. The van der Waals surface area contributed by atoms with E-state index in [9.17, 15) is 18.4 Å². The van der Waals surface area contributed by atoms with E-state index in [0.29, 0.717) is 6.42 Å². The van der Waals surface area contributed by atoms with Gasteiger partial charge in [0.1, 0.15) is 11.6 Å². The second-order valence-electron chi connectivity index (χ2n) is 4.37. The van der Waals surface area contributed by atoms with Crippen molar-refractivity contribution in [3.63, 3.8) is 0 Å². The van der Waals surface area contributed by atoms with E-state index in [1.807, 2.05) is 6.92 Å². The Hall–Kier alpha value is -1.98. The van der Waals surface area contributed by atoms with Crippen LogP contribution in [0.3, 0.4) is 0 Å². The van der Waals surface area contributed by atoms with Gasteiger partial charge in [0.25, 0.3) is 0 Å². The number of benzene rings is 1. The molecule has 0 radical (unpaired) electrons. The molecular formula is C14H18F2N2O2. The fraction of sp³-hybridized carbons (Fsp3) is 0.429. The molecule has 0 fully saturated rings. The maximum absolute atomic E-state index is 13.6. The Morgan fingerprint density at radius 1 is 1.30 bits per heavy atom. The topological polar surface area (TPSA) is 49.4 Å². The van der Waals surface area contributed by atoms with Gasteiger partial charge in [0, 0.05) is 32.5 Å². The van der Waals surface area contributed by atoms with Crippen molar-refractivity contribution in [2.75, 3.05) is 18.0 Å². The number of nitrogens with zero attached hydrogens (tertiary/aromatic N) is 1. The van der Waals surface area contributed by atoms with Gasteiger partial charge in [0.2, 0.25) is 11.8 Å². The van der Waals surface area contributed by atoms with E-state index in [2.05, 4.69) is 5.32 Å². The van der Waals surface area contributed by atoms with Gasteiger partial charge in [-0.25, -0.2) is 8.78 Å². The van der Waals surface area contributed by atoms with Crippen molar-refractivity contribution >= 4 is 17.5 Å². The van der Waals surface area contributed by atoms with Crippen LogP contribution in [0.15, 0.2) is 18.2 Å². The van der Waals surface area contributed by atoms with Crippen molar-refractivity contribution in [2.45, 2.75) is 26.7 Å². The molecule has 0 heterocycles. The second kappa shape index (κ2) is 7.57. The van der Waals surface area contributed by atoms with Crippen molar-refractivity contribution in [2.24, 2.45) is 0 Å². The van der Waals surface area contributed by atoms with E-state index < -0.39 is 11.6 Å². The Morgan fingerprint density at radius 2 is 2.00 bits per heavy atom. The summed E-state index contributed by atoms with van der Waals surface area (Å²) >= 11 is 0. The molecule has 0 atom stereocenters. The monoisotopic (exact) mass is 284 g/mol. The smallest absolute Gasteiger partial charge is 0.224 e. The molecule has 0 aliphatic carbocycles. The molecule has 0 saturated carbocycles. The summed E-state index contributed by atoms with van der Waals surface area (Å²) in [5.74, 6) is -2.00. The summed E-state index contributed by atoms with van der Waals surface area (Å²) in [5.41, 5.74) is 0.00337. The molecule has 1 N–H and O–H groups in total. The summed E-state index contributed by atoms with van der Waals surface area (Å²) in [6.45, 7) is 3.52. The summed E-state index contributed by atoms with van der Waals surface area (Å²) in [6.07, 6.45) is 1.14. The molecule has 0 unspecified atom stereocenters. The number of carbonyl (C=O) groups excluding carboxylic acids is 2. The Labute approximate surface area is 116 Å². The van der Waals surface area contributed by atoms with E-state index in [1.165, 1.54) is 17.9 Å². The molecule has 0 saturated heterocycles. The summed E-state index contributed by atoms with van der Waals surface area (Å²) in [4.78, 5) is 24.0. The highest BCUT2D eigenvalue weighted by Gasteiger charge is 2.16. The number of amides is 2. The highest BCUT2D eigenvalue weighted by molar-refractivity contribution is 5.91. The van der Waals surface area contributed by atoms with Crippen LogP contribution in [0.1, 0.15) is 26.7 Å². The molecule has 1 aromatic carbocycles. The van der Waals surface area contributed by atoms with Gasteiger partial charge in [-0.1, -0.05) is 6.92 Å². The molecule has 20 heavy (non-hydrogen) atoms. The van der Waals surface area contributed by atoms with E-state index in [-0.39, 0.29) is 30.6 Å². The number of nitrogens with one attached hydrogen (secondary N) is 1. The van der Waals surface area contributed by atoms with Crippen LogP contribution in [0.5, 0.6) is 0 Å². The first-order chi connectivity index (χ1) is 9.45.